The number of aromatic nitrogens is 4. The number of imidazole rings is 1. The van der Waals surface area contributed by atoms with Crippen molar-refractivity contribution in [1.82, 2.24) is 19.9 Å². The third kappa shape index (κ3) is 2.87. The zero-order valence-corrected chi connectivity index (χ0v) is 12.1. The maximum absolute atomic E-state index is 12.2. The van der Waals surface area contributed by atoms with Gasteiger partial charge in [0, 0.05) is 5.56 Å². The van der Waals surface area contributed by atoms with Crippen molar-refractivity contribution < 1.29 is 4.79 Å². The molecule has 0 aliphatic carbocycles. The van der Waals surface area contributed by atoms with Crippen LogP contribution in [0.25, 0.3) is 11.2 Å². The molecule has 0 unspecified atom stereocenters. The monoisotopic (exact) mass is 299 g/mol. The molecule has 0 saturated heterocycles. The predicted octanol–water partition coefficient (Wildman–Crippen LogP) is 2.72. The second-order valence-electron chi connectivity index (χ2n) is 4.21. The van der Waals surface area contributed by atoms with E-state index in [1.54, 1.807) is 12.1 Å². The normalized spacial score (nSPS) is 10.7. The van der Waals surface area contributed by atoms with Crippen molar-refractivity contribution in [1.29, 1.82) is 0 Å². The van der Waals surface area contributed by atoms with Gasteiger partial charge in [0.15, 0.2) is 16.6 Å². The van der Waals surface area contributed by atoms with Crippen molar-refractivity contribution in [3.8, 4) is 0 Å². The fourth-order valence-corrected chi connectivity index (χ4v) is 2.43. The van der Waals surface area contributed by atoms with Crippen LogP contribution in [0.5, 0.6) is 0 Å². The van der Waals surface area contributed by atoms with Gasteiger partial charge in [-0.05, 0) is 17.9 Å². The first-order valence-electron chi connectivity index (χ1n) is 6.48. The van der Waals surface area contributed by atoms with Gasteiger partial charge in [0.1, 0.15) is 5.52 Å². The van der Waals surface area contributed by atoms with Gasteiger partial charge in [0.2, 0.25) is 0 Å². The molecule has 106 valence electrons. The highest BCUT2D eigenvalue weighted by Gasteiger charge is 2.13. The van der Waals surface area contributed by atoms with Crippen LogP contribution >= 0.6 is 11.8 Å². The number of rotatable bonds is 4. The molecule has 2 aromatic heterocycles. The van der Waals surface area contributed by atoms with E-state index in [0.717, 1.165) is 5.75 Å². The minimum Gasteiger partial charge on any atom is -0.340 e. The summed E-state index contributed by atoms with van der Waals surface area (Å²) in [6.45, 7) is 2.02. The van der Waals surface area contributed by atoms with Crippen LogP contribution < -0.4 is 5.32 Å². The van der Waals surface area contributed by atoms with Crippen LogP contribution in [0.3, 0.4) is 0 Å². The number of amides is 1. The molecule has 0 aliphatic heterocycles. The van der Waals surface area contributed by atoms with E-state index in [9.17, 15) is 4.79 Å². The van der Waals surface area contributed by atoms with Gasteiger partial charge in [-0.15, -0.1) is 0 Å². The molecule has 0 bridgehead atoms. The first kappa shape index (κ1) is 13.6. The lowest BCUT2D eigenvalue weighted by atomic mass is 10.2. The van der Waals surface area contributed by atoms with Crippen molar-refractivity contribution in [2.75, 3.05) is 11.1 Å². The molecule has 0 saturated carbocycles. The number of nitrogens with zero attached hydrogens (tertiary/aromatic N) is 3. The Kier molecular flexibility index (Phi) is 3.83. The van der Waals surface area contributed by atoms with Crippen LogP contribution in [0.4, 0.5) is 5.82 Å². The molecule has 0 atom stereocenters. The summed E-state index contributed by atoms with van der Waals surface area (Å²) in [5.74, 6) is 1.09. The molecule has 6 nitrogen and oxygen atoms in total. The third-order valence-corrected chi connectivity index (χ3v) is 3.54. The molecule has 2 N–H and O–H groups in total. The highest BCUT2D eigenvalue weighted by atomic mass is 32.2. The van der Waals surface area contributed by atoms with Crippen LogP contribution in [-0.2, 0) is 0 Å². The molecular formula is C14H13N5OS. The molecule has 1 amide bonds. The topological polar surface area (TPSA) is 83.6 Å². The number of thioether (sulfide) groups is 1. The average Bonchev–Trinajstić information content (AvgIpc) is 2.97. The number of anilines is 1. The highest BCUT2D eigenvalue weighted by molar-refractivity contribution is 7.99. The minimum atomic E-state index is -0.211. The fourth-order valence-electron chi connectivity index (χ4n) is 1.87. The number of benzene rings is 1. The van der Waals surface area contributed by atoms with Gasteiger partial charge in [-0.3, -0.25) is 4.79 Å². The van der Waals surface area contributed by atoms with Crippen LogP contribution in [0.15, 0.2) is 41.8 Å². The average molecular weight is 299 g/mol. The number of nitrogens with one attached hydrogen (secondary N) is 2. The highest BCUT2D eigenvalue weighted by Crippen LogP contribution is 2.22. The summed E-state index contributed by atoms with van der Waals surface area (Å²) >= 11 is 1.50. The third-order valence-electron chi connectivity index (χ3n) is 2.81. The predicted molar refractivity (Wildman–Crippen MR) is 82.5 cm³/mol. The lowest BCUT2D eigenvalue weighted by molar-refractivity contribution is 0.102. The van der Waals surface area contributed by atoms with Crippen molar-refractivity contribution in [3.05, 3.63) is 42.2 Å². The lowest BCUT2D eigenvalue weighted by Crippen LogP contribution is -2.13. The van der Waals surface area contributed by atoms with E-state index in [1.807, 2.05) is 25.1 Å². The van der Waals surface area contributed by atoms with Gasteiger partial charge >= 0.3 is 0 Å². The lowest BCUT2D eigenvalue weighted by Gasteiger charge is -2.06. The maximum atomic E-state index is 12.2. The Morgan fingerprint density at radius 2 is 2.10 bits per heavy atom. The summed E-state index contributed by atoms with van der Waals surface area (Å²) in [5.41, 5.74) is 1.75. The largest absolute Gasteiger partial charge is 0.340 e. The van der Waals surface area contributed by atoms with Crippen molar-refractivity contribution >= 4 is 34.7 Å². The summed E-state index contributed by atoms with van der Waals surface area (Å²) in [7, 11) is 0. The Balaban J connectivity index is 1.95. The van der Waals surface area contributed by atoms with Crippen molar-refractivity contribution in [3.63, 3.8) is 0 Å². The van der Waals surface area contributed by atoms with Gasteiger partial charge in [0.05, 0.1) is 6.33 Å². The van der Waals surface area contributed by atoms with E-state index in [1.165, 1.54) is 18.1 Å². The number of fused-ring (bicyclic) bond motifs is 1. The van der Waals surface area contributed by atoms with E-state index < -0.39 is 0 Å². The zero-order chi connectivity index (χ0) is 14.7. The van der Waals surface area contributed by atoms with Gasteiger partial charge in [0.25, 0.3) is 5.91 Å². The summed E-state index contributed by atoms with van der Waals surface area (Å²) < 4.78 is 0. The molecule has 1 aromatic carbocycles. The molecule has 0 spiro atoms. The zero-order valence-electron chi connectivity index (χ0n) is 11.3. The van der Waals surface area contributed by atoms with Crippen molar-refractivity contribution in [2.45, 2.75) is 12.1 Å². The van der Waals surface area contributed by atoms with E-state index in [2.05, 4.69) is 25.3 Å². The van der Waals surface area contributed by atoms with Crippen LogP contribution in [0, 0.1) is 0 Å². The number of hydrogen-bond donors (Lipinski definition) is 2. The Morgan fingerprint density at radius 1 is 1.29 bits per heavy atom. The van der Waals surface area contributed by atoms with E-state index >= 15 is 0 Å². The molecular weight excluding hydrogens is 286 g/mol. The van der Waals surface area contributed by atoms with Gasteiger partial charge < -0.3 is 10.3 Å². The van der Waals surface area contributed by atoms with Crippen LogP contribution in [-0.4, -0.2) is 31.6 Å². The fraction of sp³-hybridized carbons (Fsp3) is 0.143. The molecule has 2 heterocycles. The van der Waals surface area contributed by atoms with Crippen LogP contribution in [0.2, 0.25) is 0 Å². The van der Waals surface area contributed by atoms with Crippen molar-refractivity contribution in [2.24, 2.45) is 0 Å². The summed E-state index contributed by atoms with van der Waals surface area (Å²) in [6, 6.07) is 9.01. The Morgan fingerprint density at radius 3 is 2.86 bits per heavy atom. The quantitative estimate of drug-likeness (QED) is 0.571. The summed E-state index contributed by atoms with van der Waals surface area (Å²) in [5, 5.41) is 3.41. The Labute approximate surface area is 125 Å². The number of aromatic amines is 1. The number of carbonyl (C=O) groups is 1. The smallest absolute Gasteiger partial charge is 0.256 e. The molecule has 3 aromatic rings. The molecule has 7 heteroatoms. The second kappa shape index (κ2) is 5.92. The first-order chi connectivity index (χ1) is 10.3. The van der Waals surface area contributed by atoms with E-state index in [4.69, 9.17) is 0 Å². The molecule has 0 aliphatic rings. The van der Waals surface area contributed by atoms with Gasteiger partial charge in [-0.2, -0.15) is 0 Å². The molecule has 0 fully saturated rings. The summed E-state index contributed by atoms with van der Waals surface area (Å²) in [4.78, 5) is 28.0. The van der Waals surface area contributed by atoms with Gasteiger partial charge in [-0.25, -0.2) is 15.0 Å². The van der Waals surface area contributed by atoms with E-state index in [-0.39, 0.29) is 5.91 Å². The maximum Gasteiger partial charge on any atom is 0.256 e. The number of carbonyl (C=O) groups excluding carboxylic acids is 1. The summed E-state index contributed by atoms with van der Waals surface area (Å²) in [6.07, 6.45) is 1.54. The van der Waals surface area contributed by atoms with E-state index in [0.29, 0.717) is 27.7 Å². The molecule has 3 rings (SSSR count). The molecule has 0 radical (unpaired) electrons. The number of H-pyrrole nitrogens is 1. The first-order valence-corrected chi connectivity index (χ1v) is 7.47. The SMILES string of the molecule is CCSc1nc(NC(=O)c2ccccc2)c2[nH]cnc2n1. The second-order valence-corrected chi connectivity index (χ2v) is 5.44. The Hall–Kier alpha value is -2.41. The standard InChI is InChI=1S/C14H13N5OS/c1-2-21-14-18-11-10(15-8-16-11)12(19-14)17-13(20)9-6-4-3-5-7-9/h3-8H,2H2,1H3,(H2,15,16,17,18,19,20). The Bertz CT molecular complexity index is 771. The van der Waals surface area contributed by atoms with Gasteiger partial charge in [-0.1, -0.05) is 36.9 Å². The number of hydrogen-bond acceptors (Lipinski definition) is 5. The van der Waals surface area contributed by atoms with Crippen LogP contribution in [0.1, 0.15) is 17.3 Å². The minimum absolute atomic E-state index is 0.211. The molecule has 21 heavy (non-hydrogen) atoms.